The van der Waals surface area contributed by atoms with Crippen LogP contribution in [-0.2, 0) is 8.85 Å². The Morgan fingerprint density at radius 2 is 1.08 bits per heavy atom. The van der Waals surface area contributed by atoms with Gasteiger partial charge < -0.3 is 25.7 Å². The van der Waals surface area contributed by atoms with E-state index in [-0.39, 0.29) is 12.4 Å². The van der Waals surface area contributed by atoms with E-state index in [0.717, 1.165) is 10.5 Å². The van der Waals surface area contributed by atoms with Crippen molar-refractivity contribution in [1.29, 1.82) is 0 Å². The molecule has 0 saturated carbocycles. The monoisotopic (exact) mass is 395 g/mol. The van der Waals surface area contributed by atoms with Crippen molar-refractivity contribution in [2.75, 3.05) is 41.4 Å². The van der Waals surface area contributed by atoms with Gasteiger partial charge in [0.05, 0.1) is 27.2 Å². The Hall–Kier alpha value is 0.387. The number of hydrogen-bond acceptors (Lipinski definition) is 2. The van der Waals surface area contributed by atoms with E-state index in [1.165, 1.54) is 83.7 Å². The highest BCUT2D eigenvalue weighted by molar-refractivity contribution is 6.65. The lowest BCUT2D eigenvalue weighted by Gasteiger charge is -2.31. The van der Waals surface area contributed by atoms with Crippen LogP contribution in [-0.4, -0.2) is 54.4 Å². The van der Waals surface area contributed by atoms with E-state index in [1.54, 1.807) is 14.2 Å². The van der Waals surface area contributed by atoms with Crippen LogP contribution >= 0.6 is 0 Å². The minimum atomic E-state index is -1.87. The Kier molecular flexibility index (Phi) is 18.3. The molecule has 0 spiro atoms. The van der Waals surface area contributed by atoms with Crippen molar-refractivity contribution in [2.45, 2.75) is 90.1 Å². The molecule has 0 aliphatic heterocycles. The fourth-order valence-corrected chi connectivity index (χ4v) is 4.63. The zero-order valence-electron chi connectivity index (χ0n) is 18.0. The summed E-state index contributed by atoms with van der Waals surface area (Å²) < 4.78 is 12.3. The molecule has 0 atom stereocenters. The predicted molar refractivity (Wildman–Crippen MR) is 109 cm³/mol. The first kappa shape index (κ1) is 27.6. The minimum Gasteiger partial charge on any atom is -1.00 e. The van der Waals surface area contributed by atoms with Gasteiger partial charge in [-0.3, -0.25) is 0 Å². The smallest absolute Gasteiger partial charge is 0.334 e. The van der Waals surface area contributed by atoms with Gasteiger partial charge in [0.1, 0.15) is 0 Å². The molecule has 0 bridgehead atoms. The molecule has 0 N–H and O–H groups in total. The lowest BCUT2D eigenvalue weighted by molar-refractivity contribution is -0.890. The van der Waals surface area contributed by atoms with Crippen molar-refractivity contribution in [1.82, 2.24) is 0 Å². The van der Waals surface area contributed by atoms with E-state index in [1.807, 2.05) is 0 Å². The van der Waals surface area contributed by atoms with Crippen LogP contribution in [0.1, 0.15) is 77.6 Å². The van der Waals surface area contributed by atoms with Crippen molar-refractivity contribution in [3.05, 3.63) is 0 Å². The first-order valence-electron chi connectivity index (χ1n) is 10.3. The van der Waals surface area contributed by atoms with Gasteiger partial charge in [0.25, 0.3) is 0 Å². The van der Waals surface area contributed by atoms with Gasteiger partial charge in [0, 0.05) is 14.2 Å². The Bertz CT molecular complexity index is 287. The van der Waals surface area contributed by atoms with E-state index >= 15 is 0 Å². The number of nitrogens with zero attached hydrogens (tertiary/aromatic N) is 1. The van der Waals surface area contributed by atoms with Gasteiger partial charge in [0.15, 0.2) is 0 Å². The predicted octanol–water partition coefficient (Wildman–Crippen LogP) is 2.74. The van der Waals surface area contributed by atoms with Crippen LogP contribution in [0, 0.1) is 0 Å². The number of quaternary nitrogens is 1. The van der Waals surface area contributed by atoms with Crippen LogP contribution < -0.4 is 12.4 Å². The highest BCUT2D eigenvalue weighted by atomic mass is 35.5. The van der Waals surface area contributed by atoms with Crippen molar-refractivity contribution in [3.63, 3.8) is 0 Å². The number of hydrogen-bond donors (Lipinski definition) is 0. The van der Waals surface area contributed by atoms with Crippen molar-refractivity contribution in [3.8, 4) is 0 Å². The summed E-state index contributed by atoms with van der Waals surface area (Å²) in [6, 6.07) is 1.10. The molecule has 5 heteroatoms. The zero-order valence-corrected chi connectivity index (χ0v) is 19.8. The van der Waals surface area contributed by atoms with Crippen LogP contribution in [0.5, 0.6) is 0 Å². The zero-order chi connectivity index (χ0) is 18.3. The molecule has 0 heterocycles. The van der Waals surface area contributed by atoms with E-state index in [2.05, 4.69) is 27.6 Å². The molecule has 0 aliphatic rings. The fourth-order valence-electron chi connectivity index (χ4n) is 3.25. The number of rotatable bonds is 17. The molecule has 0 saturated heterocycles. The molecule has 0 aliphatic carbocycles. The summed E-state index contributed by atoms with van der Waals surface area (Å²) in [6.45, 7) is 6.98. The van der Waals surface area contributed by atoms with Crippen molar-refractivity contribution >= 4 is 8.56 Å². The standard InChI is InChI=1S/C20H46NO2Si.ClH/c1-7-8-9-10-11-12-13-14-15-16-18-21(2,3)19-17-20-24(6,22-4)23-5;/h7-20H2,1-6H3;1H/q+1;/p-1. The van der Waals surface area contributed by atoms with Crippen molar-refractivity contribution < 1.29 is 25.7 Å². The Balaban J connectivity index is 0. The molecule has 3 nitrogen and oxygen atoms in total. The maximum atomic E-state index is 5.58. The maximum Gasteiger partial charge on any atom is 0.334 e. The molecular formula is C20H46ClNO2Si. The maximum absolute atomic E-state index is 5.58. The van der Waals surface area contributed by atoms with Crippen LogP contribution in [0.3, 0.4) is 0 Å². The molecule has 0 aromatic rings. The fraction of sp³-hybridized carbons (Fsp3) is 1.00. The van der Waals surface area contributed by atoms with E-state index < -0.39 is 8.56 Å². The van der Waals surface area contributed by atoms with Gasteiger partial charge in [-0.25, -0.2) is 0 Å². The van der Waals surface area contributed by atoms with Gasteiger partial charge in [-0.1, -0.05) is 58.3 Å². The highest BCUT2D eigenvalue weighted by Crippen LogP contribution is 2.16. The van der Waals surface area contributed by atoms with Gasteiger partial charge in [-0.2, -0.15) is 0 Å². The highest BCUT2D eigenvalue weighted by Gasteiger charge is 2.29. The van der Waals surface area contributed by atoms with E-state index in [9.17, 15) is 0 Å². The average molecular weight is 396 g/mol. The average Bonchev–Trinajstić information content (AvgIpc) is 2.56. The SMILES string of the molecule is CCCCCCCCCCCC[N+](C)(C)CCC[Si](C)(OC)OC.[Cl-]. The molecule has 0 rings (SSSR count). The summed E-state index contributed by atoms with van der Waals surface area (Å²) >= 11 is 0. The molecule has 0 unspecified atom stereocenters. The summed E-state index contributed by atoms with van der Waals surface area (Å²) in [7, 11) is 6.44. The first-order valence-corrected chi connectivity index (χ1v) is 12.8. The Morgan fingerprint density at radius 1 is 0.680 bits per heavy atom. The molecule has 154 valence electrons. The van der Waals surface area contributed by atoms with Crippen LogP contribution in [0.4, 0.5) is 0 Å². The summed E-state index contributed by atoms with van der Waals surface area (Å²) in [5.41, 5.74) is 0. The second-order valence-corrected chi connectivity index (χ2v) is 11.8. The van der Waals surface area contributed by atoms with Gasteiger partial charge in [-0.15, -0.1) is 0 Å². The molecular weight excluding hydrogens is 350 g/mol. The summed E-state index contributed by atoms with van der Waals surface area (Å²) in [6.07, 6.45) is 15.4. The molecule has 0 fully saturated rings. The van der Waals surface area contributed by atoms with Gasteiger partial charge in [-0.05, 0) is 31.9 Å². The lowest BCUT2D eigenvalue weighted by atomic mass is 10.1. The Labute approximate surface area is 166 Å². The van der Waals surface area contributed by atoms with E-state index in [4.69, 9.17) is 8.85 Å². The molecule has 25 heavy (non-hydrogen) atoms. The quantitative estimate of drug-likeness (QED) is 0.214. The molecule has 0 aromatic carbocycles. The first-order chi connectivity index (χ1) is 11.4. The molecule has 0 amide bonds. The second kappa shape index (κ2) is 16.6. The van der Waals surface area contributed by atoms with Crippen molar-refractivity contribution in [2.24, 2.45) is 0 Å². The molecule has 0 aromatic heterocycles. The summed E-state index contributed by atoms with van der Waals surface area (Å²) in [4.78, 5) is 0. The van der Waals surface area contributed by atoms with Gasteiger partial charge in [0.2, 0.25) is 0 Å². The van der Waals surface area contributed by atoms with E-state index in [0.29, 0.717) is 0 Å². The molecule has 0 radical (unpaired) electrons. The lowest BCUT2D eigenvalue weighted by Crippen LogP contribution is -3.00. The third-order valence-corrected chi connectivity index (χ3v) is 8.36. The number of halogens is 1. The van der Waals surface area contributed by atoms with Crippen LogP contribution in [0.2, 0.25) is 12.6 Å². The summed E-state index contributed by atoms with van der Waals surface area (Å²) in [5, 5.41) is 0. The third kappa shape index (κ3) is 16.3. The summed E-state index contributed by atoms with van der Waals surface area (Å²) in [5.74, 6) is 0. The minimum absolute atomic E-state index is 0. The normalized spacial score (nSPS) is 12.2. The van der Waals surface area contributed by atoms with Crippen LogP contribution in [0.15, 0.2) is 0 Å². The second-order valence-electron chi connectivity index (χ2n) is 8.21. The van der Waals surface area contributed by atoms with Gasteiger partial charge >= 0.3 is 8.56 Å². The Morgan fingerprint density at radius 3 is 1.52 bits per heavy atom. The topological polar surface area (TPSA) is 18.5 Å². The third-order valence-electron chi connectivity index (χ3n) is 5.37. The number of unbranched alkanes of at least 4 members (excludes halogenated alkanes) is 9. The largest absolute Gasteiger partial charge is 1.00 e. The van der Waals surface area contributed by atoms with Crippen LogP contribution in [0.25, 0.3) is 0 Å².